The number of allylic oxidation sites excluding steroid dienone is 1. The highest BCUT2D eigenvalue weighted by Crippen LogP contribution is 2.56. The van der Waals surface area contributed by atoms with Crippen molar-refractivity contribution in [2.75, 3.05) is 0 Å². The summed E-state index contributed by atoms with van der Waals surface area (Å²) >= 11 is 0. The van der Waals surface area contributed by atoms with E-state index in [0.29, 0.717) is 0 Å². The third-order valence-electron chi connectivity index (χ3n) is 5.24. The molecule has 0 atom stereocenters. The normalized spacial score (nSPS) is 20.6. The first kappa shape index (κ1) is 12.2. The minimum atomic E-state index is -1.55. The molecular formula is C19H20Si. The summed E-state index contributed by atoms with van der Waals surface area (Å²) in [6, 6.07) is 18.1. The van der Waals surface area contributed by atoms with E-state index >= 15 is 0 Å². The summed E-state index contributed by atoms with van der Waals surface area (Å²) in [5.74, 6) is 0. The van der Waals surface area contributed by atoms with Gasteiger partial charge in [-0.3, -0.25) is 0 Å². The van der Waals surface area contributed by atoms with E-state index in [1.165, 1.54) is 16.7 Å². The smallest absolute Gasteiger partial charge is 0.0623 e. The van der Waals surface area contributed by atoms with Crippen LogP contribution in [0.3, 0.4) is 0 Å². The van der Waals surface area contributed by atoms with Gasteiger partial charge in [0.05, 0.1) is 0 Å². The average Bonchev–Trinajstić information content (AvgIpc) is 2.82. The highest BCUT2D eigenvalue weighted by atomic mass is 28.3. The van der Waals surface area contributed by atoms with Gasteiger partial charge in [0.1, 0.15) is 8.07 Å². The van der Waals surface area contributed by atoms with Crippen LogP contribution in [0.25, 0.3) is 10.8 Å². The fourth-order valence-corrected chi connectivity index (χ4v) is 7.96. The van der Waals surface area contributed by atoms with Crippen LogP contribution >= 0.6 is 0 Å². The predicted molar refractivity (Wildman–Crippen MR) is 89.8 cm³/mol. The maximum absolute atomic E-state index is 2.51. The monoisotopic (exact) mass is 276 g/mol. The van der Waals surface area contributed by atoms with Crippen LogP contribution in [0.5, 0.6) is 0 Å². The first-order valence-corrected chi connectivity index (χ1v) is 10.4. The van der Waals surface area contributed by atoms with Gasteiger partial charge in [-0.2, -0.15) is 0 Å². The molecule has 0 unspecified atom stereocenters. The Balaban J connectivity index is 2.13. The van der Waals surface area contributed by atoms with Crippen LogP contribution in [-0.4, -0.2) is 8.07 Å². The van der Waals surface area contributed by atoms with Crippen LogP contribution in [0, 0.1) is 0 Å². The fraction of sp³-hybridized carbons (Fsp3) is 0.263. The fourth-order valence-electron chi connectivity index (χ4n) is 4.33. The molecule has 2 aromatic rings. The average molecular weight is 276 g/mol. The van der Waals surface area contributed by atoms with Gasteiger partial charge in [0.2, 0.25) is 0 Å². The molecule has 0 bridgehead atoms. The number of fused-ring (bicyclic) bond motifs is 4. The first-order chi connectivity index (χ1) is 9.45. The van der Waals surface area contributed by atoms with Crippen molar-refractivity contribution in [3.63, 3.8) is 0 Å². The molecule has 0 spiro atoms. The highest BCUT2D eigenvalue weighted by molar-refractivity contribution is 7.08. The van der Waals surface area contributed by atoms with E-state index in [0.717, 1.165) is 0 Å². The molecule has 4 rings (SSSR count). The van der Waals surface area contributed by atoms with Crippen molar-refractivity contribution >= 4 is 24.0 Å². The molecule has 0 amide bonds. The van der Waals surface area contributed by atoms with Crippen LogP contribution in [0.15, 0.2) is 48.5 Å². The summed E-state index contributed by atoms with van der Waals surface area (Å²) in [7, 11) is -1.55. The van der Waals surface area contributed by atoms with Crippen molar-refractivity contribution in [1.82, 2.24) is 0 Å². The van der Waals surface area contributed by atoms with E-state index in [2.05, 4.69) is 75.5 Å². The Labute approximate surface area is 122 Å². The van der Waals surface area contributed by atoms with Gasteiger partial charge in [-0.25, -0.2) is 0 Å². The first-order valence-electron chi connectivity index (χ1n) is 7.40. The molecule has 0 N–H and O–H groups in total. The summed E-state index contributed by atoms with van der Waals surface area (Å²) in [6.45, 7) is 9.79. The van der Waals surface area contributed by atoms with E-state index in [-0.39, 0.29) is 5.41 Å². The SMILES string of the molecule is CC1(C)C2=C(c3ccccc31)[Si](C)(C)c1ccccc12. The van der Waals surface area contributed by atoms with Gasteiger partial charge >= 0.3 is 0 Å². The standard InChI is InChI=1S/C19H20Si/c1-19(2)15-11-7-5-9-13(15)18-17(19)14-10-6-8-12-16(14)20(18,3)4/h5-12H,1-4H3. The molecule has 0 nitrogen and oxygen atoms in total. The molecule has 1 heterocycles. The minimum Gasteiger partial charge on any atom is -0.0623 e. The van der Waals surface area contributed by atoms with Gasteiger partial charge < -0.3 is 0 Å². The highest BCUT2D eigenvalue weighted by Gasteiger charge is 2.50. The van der Waals surface area contributed by atoms with Gasteiger partial charge in [-0.05, 0) is 32.6 Å². The van der Waals surface area contributed by atoms with Crippen molar-refractivity contribution in [3.8, 4) is 0 Å². The third-order valence-corrected chi connectivity index (χ3v) is 8.79. The molecule has 20 heavy (non-hydrogen) atoms. The Hall–Kier alpha value is -1.60. The lowest BCUT2D eigenvalue weighted by Gasteiger charge is -2.26. The molecule has 1 heteroatoms. The van der Waals surface area contributed by atoms with Crippen molar-refractivity contribution in [2.45, 2.75) is 32.4 Å². The van der Waals surface area contributed by atoms with Gasteiger partial charge in [0.25, 0.3) is 0 Å². The van der Waals surface area contributed by atoms with Crippen molar-refractivity contribution in [1.29, 1.82) is 0 Å². The van der Waals surface area contributed by atoms with E-state index in [1.807, 2.05) is 0 Å². The Morgan fingerprint density at radius 3 is 2.15 bits per heavy atom. The van der Waals surface area contributed by atoms with Crippen molar-refractivity contribution in [3.05, 3.63) is 65.2 Å². The van der Waals surface area contributed by atoms with E-state index in [1.54, 1.807) is 16.0 Å². The van der Waals surface area contributed by atoms with Crippen LogP contribution in [-0.2, 0) is 5.41 Å². The van der Waals surface area contributed by atoms with Crippen LogP contribution in [0.1, 0.15) is 30.5 Å². The molecule has 0 radical (unpaired) electrons. The lowest BCUT2D eigenvalue weighted by Crippen LogP contribution is -2.41. The van der Waals surface area contributed by atoms with Crippen molar-refractivity contribution in [2.24, 2.45) is 0 Å². The second kappa shape index (κ2) is 3.53. The molecule has 1 aliphatic carbocycles. The second-order valence-electron chi connectivity index (χ2n) is 7.09. The molecule has 1 aliphatic heterocycles. The summed E-state index contributed by atoms with van der Waals surface area (Å²) in [4.78, 5) is 0. The van der Waals surface area contributed by atoms with Crippen molar-refractivity contribution < 1.29 is 0 Å². The molecule has 0 saturated carbocycles. The van der Waals surface area contributed by atoms with Gasteiger partial charge in [-0.15, -0.1) is 0 Å². The summed E-state index contributed by atoms with van der Waals surface area (Å²) < 4.78 is 0. The molecular weight excluding hydrogens is 256 g/mol. The summed E-state index contributed by atoms with van der Waals surface area (Å²) in [5, 5.41) is 3.30. The minimum absolute atomic E-state index is 0.142. The summed E-state index contributed by atoms with van der Waals surface area (Å²) in [5.41, 5.74) is 6.29. The molecule has 2 aromatic carbocycles. The lowest BCUT2D eigenvalue weighted by atomic mass is 9.78. The Morgan fingerprint density at radius 2 is 1.40 bits per heavy atom. The number of hydrogen-bond donors (Lipinski definition) is 0. The van der Waals surface area contributed by atoms with E-state index < -0.39 is 8.07 Å². The molecule has 0 saturated heterocycles. The topological polar surface area (TPSA) is 0 Å². The van der Waals surface area contributed by atoms with E-state index in [9.17, 15) is 0 Å². The van der Waals surface area contributed by atoms with Crippen LogP contribution in [0.4, 0.5) is 0 Å². The Bertz CT molecular complexity index is 697. The second-order valence-corrected chi connectivity index (χ2v) is 11.4. The molecule has 0 aromatic heterocycles. The molecule has 0 fully saturated rings. The Morgan fingerprint density at radius 1 is 0.800 bits per heavy atom. The van der Waals surface area contributed by atoms with Gasteiger partial charge in [0.15, 0.2) is 0 Å². The number of rotatable bonds is 0. The largest absolute Gasteiger partial charge is 0.114 e. The maximum atomic E-state index is 2.51. The number of hydrogen-bond acceptors (Lipinski definition) is 0. The van der Waals surface area contributed by atoms with Crippen LogP contribution in [0.2, 0.25) is 13.1 Å². The summed E-state index contributed by atoms with van der Waals surface area (Å²) in [6.07, 6.45) is 0. The lowest BCUT2D eigenvalue weighted by molar-refractivity contribution is 0.704. The third kappa shape index (κ3) is 1.22. The quantitative estimate of drug-likeness (QED) is 0.627. The molecule has 100 valence electrons. The van der Waals surface area contributed by atoms with Gasteiger partial charge in [-0.1, -0.05) is 75.5 Å². The zero-order valence-corrected chi connectivity index (χ0v) is 13.6. The maximum Gasteiger partial charge on any atom is 0.114 e. The zero-order chi connectivity index (χ0) is 14.1. The number of benzene rings is 2. The van der Waals surface area contributed by atoms with Crippen LogP contribution < -0.4 is 5.19 Å². The molecule has 2 aliphatic rings. The predicted octanol–water partition coefficient (Wildman–Crippen LogP) is 4.36. The zero-order valence-electron chi connectivity index (χ0n) is 12.6. The van der Waals surface area contributed by atoms with E-state index in [4.69, 9.17) is 0 Å². The van der Waals surface area contributed by atoms with Gasteiger partial charge in [0, 0.05) is 5.41 Å². The Kier molecular flexibility index (Phi) is 2.15.